The van der Waals surface area contributed by atoms with E-state index in [1.54, 1.807) is 0 Å². The van der Waals surface area contributed by atoms with E-state index in [1.807, 2.05) is 0 Å². The zero-order valence-corrected chi connectivity index (χ0v) is 11.1. The normalized spacial score (nSPS) is 12.9. The Morgan fingerprint density at radius 2 is 2.00 bits per heavy atom. The van der Waals surface area contributed by atoms with Crippen molar-refractivity contribution >= 4 is 16.5 Å². The van der Waals surface area contributed by atoms with Crippen LogP contribution in [0.2, 0.25) is 0 Å². The highest BCUT2D eigenvalue weighted by Crippen LogP contribution is 2.17. The van der Waals surface area contributed by atoms with Crippen molar-refractivity contribution in [3.63, 3.8) is 0 Å². The monoisotopic (exact) mass is 258 g/mol. The summed E-state index contributed by atoms with van der Waals surface area (Å²) in [5.41, 5.74) is 6.08. The molecule has 2 N–H and O–H groups in total. The topological polar surface area (TPSA) is 46.3 Å². The molecule has 1 aromatic carbocycles. The number of hydrogen-bond donors (Lipinski definition) is 1. The van der Waals surface area contributed by atoms with E-state index in [0.29, 0.717) is 16.3 Å². The predicted octanol–water partition coefficient (Wildman–Crippen LogP) is 1.86. The van der Waals surface area contributed by atoms with Crippen molar-refractivity contribution < 1.29 is 8.60 Å². The van der Waals surface area contributed by atoms with Gasteiger partial charge in [-0.05, 0) is 31.3 Å². The number of benzene rings is 1. The zero-order chi connectivity index (χ0) is 12.8. The largest absolute Gasteiger partial charge is 0.398 e. The summed E-state index contributed by atoms with van der Waals surface area (Å²) in [4.78, 5) is 2.57. The van der Waals surface area contributed by atoms with E-state index in [0.717, 1.165) is 19.6 Å². The van der Waals surface area contributed by atoms with Gasteiger partial charge in [-0.25, -0.2) is 4.39 Å². The second-order valence-electron chi connectivity index (χ2n) is 3.76. The van der Waals surface area contributed by atoms with Crippen molar-refractivity contribution in [2.45, 2.75) is 18.7 Å². The van der Waals surface area contributed by atoms with Crippen molar-refractivity contribution in [3.05, 3.63) is 24.0 Å². The molecule has 0 spiro atoms. The van der Waals surface area contributed by atoms with Gasteiger partial charge in [0.1, 0.15) is 5.82 Å². The maximum Gasteiger partial charge on any atom is 0.124 e. The van der Waals surface area contributed by atoms with Crippen molar-refractivity contribution in [1.82, 2.24) is 4.90 Å². The molecule has 3 nitrogen and oxygen atoms in total. The van der Waals surface area contributed by atoms with Crippen LogP contribution < -0.4 is 5.73 Å². The van der Waals surface area contributed by atoms with Gasteiger partial charge in [-0.2, -0.15) is 0 Å². The van der Waals surface area contributed by atoms with E-state index >= 15 is 0 Å². The van der Waals surface area contributed by atoms with Gasteiger partial charge >= 0.3 is 0 Å². The molecule has 0 aromatic heterocycles. The second-order valence-corrected chi connectivity index (χ2v) is 5.30. The van der Waals surface area contributed by atoms with E-state index in [2.05, 4.69) is 18.7 Å². The molecule has 0 saturated carbocycles. The lowest BCUT2D eigenvalue weighted by molar-refractivity contribution is 0.323. The van der Waals surface area contributed by atoms with Gasteiger partial charge in [-0.15, -0.1) is 0 Å². The van der Waals surface area contributed by atoms with Crippen LogP contribution in [0.4, 0.5) is 10.1 Å². The van der Waals surface area contributed by atoms with Gasteiger partial charge in [0.2, 0.25) is 0 Å². The Bertz CT molecular complexity index is 394. The van der Waals surface area contributed by atoms with Gasteiger partial charge in [0.15, 0.2) is 0 Å². The summed E-state index contributed by atoms with van der Waals surface area (Å²) < 4.78 is 25.0. The van der Waals surface area contributed by atoms with Crippen LogP contribution in [0, 0.1) is 5.82 Å². The van der Waals surface area contributed by atoms with Gasteiger partial charge in [-0.3, -0.25) is 4.21 Å². The third-order valence-corrected chi connectivity index (χ3v) is 4.11. The van der Waals surface area contributed by atoms with E-state index in [-0.39, 0.29) is 0 Å². The average molecular weight is 258 g/mol. The van der Waals surface area contributed by atoms with Crippen LogP contribution in [0.3, 0.4) is 0 Å². The summed E-state index contributed by atoms with van der Waals surface area (Å²) in [6.07, 6.45) is 0. The Balaban J connectivity index is 2.66. The summed E-state index contributed by atoms with van der Waals surface area (Å²) in [7, 11) is -1.24. The van der Waals surface area contributed by atoms with Gasteiger partial charge < -0.3 is 10.6 Å². The second kappa shape index (κ2) is 6.71. The molecule has 1 aromatic rings. The van der Waals surface area contributed by atoms with Crippen molar-refractivity contribution in [2.75, 3.05) is 31.1 Å². The fourth-order valence-electron chi connectivity index (χ4n) is 1.57. The summed E-state index contributed by atoms with van der Waals surface area (Å²) in [5, 5.41) is 0. The molecule has 0 aliphatic carbocycles. The number of anilines is 1. The first-order valence-corrected chi connectivity index (χ1v) is 7.06. The van der Waals surface area contributed by atoms with Crippen LogP contribution in [0.25, 0.3) is 0 Å². The summed E-state index contributed by atoms with van der Waals surface area (Å²) in [6, 6.07) is 3.99. The first-order chi connectivity index (χ1) is 8.08. The van der Waals surface area contributed by atoms with Crippen LogP contribution in [-0.2, 0) is 10.8 Å². The van der Waals surface area contributed by atoms with Crippen LogP contribution in [0.1, 0.15) is 13.8 Å². The molecule has 0 heterocycles. The molecule has 5 heteroatoms. The zero-order valence-electron chi connectivity index (χ0n) is 10.3. The Morgan fingerprint density at radius 3 is 2.59 bits per heavy atom. The Morgan fingerprint density at radius 1 is 1.35 bits per heavy atom. The number of nitrogens with zero attached hydrogens (tertiary/aromatic N) is 1. The van der Waals surface area contributed by atoms with E-state index < -0.39 is 16.6 Å². The number of nitrogens with two attached hydrogens (primary N) is 1. The maximum absolute atomic E-state index is 13.0. The number of halogens is 1. The Kier molecular flexibility index (Phi) is 5.58. The van der Waals surface area contributed by atoms with Crippen LogP contribution in [0.5, 0.6) is 0 Å². The standard InChI is InChI=1S/C12H19FN2OS/c1-3-15(4-2)7-8-17(16)12-9-10(13)5-6-11(12)14/h5-6,9H,3-4,7-8,14H2,1-2H3. The highest BCUT2D eigenvalue weighted by Gasteiger charge is 2.10. The third-order valence-electron chi connectivity index (χ3n) is 2.71. The molecule has 0 fully saturated rings. The number of hydrogen-bond acceptors (Lipinski definition) is 3. The molecule has 0 aliphatic rings. The van der Waals surface area contributed by atoms with Crippen molar-refractivity contribution in [3.8, 4) is 0 Å². The lowest BCUT2D eigenvalue weighted by atomic mass is 10.3. The molecule has 1 atom stereocenters. The average Bonchev–Trinajstić information content (AvgIpc) is 2.33. The minimum atomic E-state index is -1.24. The van der Waals surface area contributed by atoms with Crippen LogP contribution >= 0.6 is 0 Å². The predicted molar refractivity (Wildman–Crippen MR) is 69.9 cm³/mol. The van der Waals surface area contributed by atoms with Gasteiger partial charge in [0, 0.05) is 18.0 Å². The minimum Gasteiger partial charge on any atom is -0.398 e. The molecule has 0 aliphatic heterocycles. The lowest BCUT2D eigenvalue weighted by Crippen LogP contribution is -2.27. The van der Waals surface area contributed by atoms with Crippen LogP contribution in [0.15, 0.2) is 23.1 Å². The van der Waals surface area contributed by atoms with Crippen molar-refractivity contribution in [1.29, 1.82) is 0 Å². The summed E-state index contributed by atoms with van der Waals surface area (Å²) >= 11 is 0. The molecule has 0 amide bonds. The quantitative estimate of drug-likeness (QED) is 0.792. The molecule has 96 valence electrons. The van der Waals surface area contributed by atoms with Gasteiger partial charge in [0.25, 0.3) is 0 Å². The molecule has 1 unspecified atom stereocenters. The van der Waals surface area contributed by atoms with Crippen LogP contribution in [-0.4, -0.2) is 34.5 Å². The van der Waals surface area contributed by atoms with Crippen molar-refractivity contribution in [2.24, 2.45) is 0 Å². The smallest absolute Gasteiger partial charge is 0.124 e. The maximum atomic E-state index is 13.0. The third kappa shape index (κ3) is 4.09. The van der Waals surface area contributed by atoms with Gasteiger partial charge in [0.05, 0.1) is 15.7 Å². The molecule has 0 saturated heterocycles. The highest BCUT2D eigenvalue weighted by molar-refractivity contribution is 7.85. The first-order valence-electron chi connectivity index (χ1n) is 5.74. The minimum absolute atomic E-state index is 0.393. The SMILES string of the molecule is CCN(CC)CCS(=O)c1cc(F)ccc1N. The molecular formula is C12H19FN2OS. The summed E-state index contributed by atoms with van der Waals surface area (Å²) in [6.45, 7) is 6.69. The molecular weight excluding hydrogens is 239 g/mol. The molecule has 0 radical (unpaired) electrons. The highest BCUT2D eigenvalue weighted by atomic mass is 32.2. The van der Waals surface area contributed by atoms with E-state index in [1.165, 1.54) is 18.2 Å². The number of nitrogen functional groups attached to an aromatic ring is 1. The fraction of sp³-hybridized carbons (Fsp3) is 0.500. The molecule has 1 rings (SSSR count). The lowest BCUT2D eigenvalue weighted by Gasteiger charge is -2.17. The van der Waals surface area contributed by atoms with E-state index in [4.69, 9.17) is 5.73 Å². The van der Waals surface area contributed by atoms with Gasteiger partial charge in [-0.1, -0.05) is 13.8 Å². The van der Waals surface area contributed by atoms with E-state index in [9.17, 15) is 8.60 Å². The Hall–Kier alpha value is -0.940. The molecule has 0 bridgehead atoms. The number of rotatable bonds is 6. The fourth-order valence-corrected chi connectivity index (χ4v) is 2.79. The molecule has 17 heavy (non-hydrogen) atoms. The summed E-state index contributed by atoms with van der Waals surface area (Å²) in [5.74, 6) is 0.0837. The Labute approximate surface area is 104 Å². The first kappa shape index (κ1) is 14.1.